The third-order valence-electron chi connectivity index (χ3n) is 9.79. The SMILES string of the molecule is CCCn1cnc(-c2ccc(C3=CCN(C(=O)CN4CC[C@@](OC)(C(=O)Nc5ccc6[nH]nc(-c7ccc(OC(C)C)nc7)c6c5)C4)CC3)cc2F)n1. The summed E-state index contributed by atoms with van der Waals surface area (Å²) in [5, 5.41) is 15.8. The second kappa shape index (κ2) is 15.2. The normalized spacial score (nSPS) is 17.8. The molecule has 2 aromatic carbocycles. The van der Waals surface area contributed by atoms with Crippen LogP contribution in [-0.4, -0.2) is 103 Å². The number of ether oxygens (including phenoxy) is 2. The third-order valence-corrected chi connectivity index (χ3v) is 9.79. The molecule has 13 nitrogen and oxygen atoms in total. The van der Waals surface area contributed by atoms with Crippen LogP contribution in [0.15, 0.2) is 67.1 Å². The highest BCUT2D eigenvalue weighted by Crippen LogP contribution is 2.32. The van der Waals surface area contributed by atoms with Gasteiger partial charge < -0.3 is 19.7 Å². The van der Waals surface area contributed by atoms with Crippen molar-refractivity contribution in [3.63, 3.8) is 0 Å². The molecule has 2 aliphatic rings. The van der Waals surface area contributed by atoms with Crippen LogP contribution in [0.1, 0.15) is 45.6 Å². The summed E-state index contributed by atoms with van der Waals surface area (Å²) in [6.07, 6.45) is 7.30. The monoisotopic (exact) mass is 721 g/mol. The van der Waals surface area contributed by atoms with Crippen molar-refractivity contribution in [1.82, 2.24) is 39.7 Å². The second-order valence-electron chi connectivity index (χ2n) is 13.8. The van der Waals surface area contributed by atoms with Crippen LogP contribution in [0.4, 0.5) is 10.1 Å². The van der Waals surface area contributed by atoms with Gasteiger partial charge in [-0.15, -0.1) is 0 Å². The fourth-order valence-corrected chi connectivity index (χ4v) is 6.93. The number of nitrogens with zero attached hydrogens (tertiary/aromatic N) is 7. The Morgan fingerprint density at radius 1 is 1.08 bits per heavy atom. The molecule has 0 radical (unpaired) electrons. The minimum absolute atomic E-state index is 0.0190. The highest BCUT2D eigenvalue weighted by atomic mass is 19.1. The van der Waals surface area contributed by atoms with Crippen molar-refractivity contribution < 1.29 is 23.5 Å². The average Bonchev–Trinajstić information content (AvgIpc) is 3.91. The van der Waals surface area contributed by atoms with Crippen molar-refractivity contribution in [2.24, 2.45) is 0 Å². The molecule has 0 unspecified atom stereocenters. The smallest absolute Gasteiger partial charge is 0.258 e. The lowest BCUT2D eigenvalue weighted by molar-refractivity contribution is -0.138. The zero-order valence-electron chi connectivity index (χ0n) is 30.4. The Labute approximate surface area is 307 Å². The number of aromatic amines is 1. The van der Waals surface area contributed by atoms with Crippen molar-refractivity contribution in [3.05, 3.63) is 78.5 Å². The highest BCUT2D eigenvalue weighted by molar-refractivity contribution is 6.01. The van der Waals surface area contributed by atoms with Crippen molar-refractivity contribution in [2.45, 2.75) is 58.3 Å². The first-order valence-electron chi connectivity index (χ1n) is 18.0. The number of carbonyl (C=O) groups is 2. The number of methoxy groups -OCH3 is 1. The first-order valence-corrected chi connectivity index (χ1v) is 18.0. The molecule has 5 heterocycles. The molecule has 276 valence electrons. The summed E-state index contributed by atoms with van der Waals surface area (Å²) in [5.41, 5.74) is 3.98. The van der Waals surface area contributed by atoms with Crippen molar-refractivity contribution in [3.8, 4) is 28.5 Å². The molecule has 2 aliphatic heterocycles. The summed E-state index contributed by atoms with van der Waals surface area (Å²) in [6, 6.07) is 14.4. The van der Waals surface area contributed by atoms with Crippen LogP contribution in [0.3, 0.4) is 0 Å². The van der Waals surface area contributed by atoms with Crippen LogP contribution in [-0.2, 0) is 20.9 Å². The molecule has 2 amide bonds. The number of carbonyl (C=O) groups excluding carboxylic acids is 2. The Morgan fingerprint density at radius 2 is 1.92 bits per heavy atom. The van der Waals surface area contributed by atoms with Gasteiger partial charge in [0.15, 0.2) is 11.4 Å². The molecular weight excluding hydrogens is 677 g/mol. The number of halogens is 1. The van der Waals surface area contributed by atoms with Gasteiger partial charge in [0, 0.05) is 68.7 Å². The van der Waals surface area contributed by atoms with E-state index in [1.165, 1.54) is 13.2 Å². The van der Waals surface area contributed by atoms with Gasteiger partial charge in [0.1, 0.15) is 17.8 Å². The fourth-order valence-electron chi connectivity index (χ4n) is 6.93. The molecule has 53 heavy (non-hydrogen) atoms. The molecule has 3 aromatic heterocycles. The van der Waals surface area contributed by atoms with Crippen LogP contribution < -0.4 is 10.1 Å². The van der Waals surface area contributed by atoms with Crippen LogP contribution >= 0.6 is 0 Å². The van der Waals surface area contributed by atoms with E-state index >= 15 is 4.39 Å². The third kappa shape index (κ3) is 7.69. The molecule has 2 N–H and O–H groups in total. The number of aromatic nitrogens is 6. The first kappa shape index (κ1) is 35.9. The molecule has 14 heteroatoms. The quantitative estimate of drug-likeness (QED) is 0.169. The average molecular weight is 722 g/mol. The molecule has 1 saturated heterocycles. The van der Waals surface area contributed by atoms with Gasteiger partial charge in [-0.2, -0.15) is 10.2 Å². The zero-order valence-corrected chi connectivity index (χ0v) is 30.4. The molecule has 0 bridgehead atoms. The molecule has 0 spiro atoms. The van der Waals surface area contributed by atoms with E-state index in [4.69, 9.17) is 9.47 Å². The molecule has 1 fully saturated rings. The Kier molecular flexibility index (Phi) is 10.3. The number of hydrogen-bond donors (Lipinski definition) is 2. The molecule has 5 aromatic rings. The number of H-pyrrole nitrogens is 1. The van der Waals surface area contributed by atoms with Crippen molar-refractivity contribution in [2.75, 3.05) is 45.2 Å². The molecule has 1 atom stereocenters. The summed E-state index contributed by atoms with van der Waals surface area (Å²) in [6.45, 7) is 8.60. The van der Waals surface area contributed by atoms with Gasteiger partial charge in [0.25, 0.3) is 5.91 Å². The molecular formula is C39H44FN9O4. The lowest BCUT2D eigenvalue weighted by Crippen LogP contribution is -2.48. The van der Waals surface area contributed by atoms with E-state index in [2.05, 4.69) is 30.6 Å². The summed E-state index contributed by atoms with van der Waals surface area (Å²) in [4.78, 5) is 39.5. The Hall–Kier alpha value is -5.47. The number of rotatable bonds is 12. The van der Waals surface area contributed by atoms with Crippen LogP contribution in [0, 0.1) is 5.82 Å². The predicted octanol–water partition coefficient (Wildman–Crippen LogP) is 5.57. The van der Waals surface area contributed by atoms with E-state index in [-0.39, 0.29) is 36.8 Å². The van der Waals surface area contributed by atoms with E-state index in [0.29, 0.717) is 61.1 Å². The molecule has 7 rings (SSSR count). The maximum Gasteiger partial charge on any atom is 0.258 e. The van der Waals surface area contributed by atoms with E-state index in [0.717, 1.165) is 40.6 Å². The van der Waals surface area contributed by atoms with E-state index in [1.54, 1.807) is 28.2 Å². The number of fused-ring (bicyclic) bond motifs is 1. The predicted molar refractivity (Wildman–Crippen MR) is 199 cm³/mol. The summed E-state index contributed by atoms with van der Waals surface area (Å²) in [5.74, 6) is 0.228. The minimum atomic E-state index is -1.11. The first-order chi connectivity index (χ1) is 25.6. The highest BCUT2D eigenvalue weighted by Gasteiger charge is 2.45. The largest absolute Gasteiger partial charge is 0.475 e. The maximum absolute atomic E-state index is 15.1. The van der Waals surface area contributed by atoms with Gasteiger partial charge in [0.05, 0.1) is 23.7 Å². The van der Waals surface area contributed by atoms with E-state index in [9.17, 15) is 9.59 Å². The van der Waals surface area contributed by atoms with Crippen molar-refractivity contribution in [1.29, 1.82) is 0 Å². The molecule has 0 aliphatic carbocycles. The van der Waals surface area contributed by atoms with Gasteiger partial charge in [0.2, 0.25) is 11.8 Å². The number of anilines is 1. The fraction of sp³-hybridized carbons (Fsp3) is 0.385. The zero-order chi connectivity index (χ0) is 37.1. The summed E-state index contributed by atoms with van der Waals surface area (Å²) in [7, 11) is 1.53. The Balaban J connectivity index is 0.952. The molecule has 0 saturated carbocycles. The number of benzene rings is 2. The van der Waals surface area contributed by atoms with Gasteiger partial charge in [-0.05, 0) is 80.6 Å². The number of hydrogen-bond acceptors (Lipinski definition) is 9. The summed E-state index contributed by atoms with van der Waals surface area (Å²) < 4.78 is 28.4. The maximum atomic E-state index is 15.1. The van der Waals surface area contributed by atoms with Gasteiger partial charge in [-0.3, -0.25) is 24.3 Å². The van der Waals surface area contributed by atoms with Crippen LogP contribution in [0.5, 0.6) is 5.88 Å². The number of pyridine rings is 1. The van der Waals surface area contributed by atoms with Crippen molar-refractivity contribution >= 4 is 34.0 Å². The number of amides is 2. The van der Waals surface area contributed by atoms with Crippen LogP contribution in [0.25, 0.3) is 39.1 Å². The standard InChI is InChI=1S/C39H44FN9O4/c1-5-15-49-24-42-37(46-49)30-9-6-27(19-32(30)40)26-12-16-48(17-13-26)35(50)22-47-18-14-39(23-47,52-4)38(51)43-29-8-10-33-31(20-29)36(45-44-33)28-7-11-34(41-21-28)53-25(2)3/h6-12,19-21,24-25H,5,13-18,22-23H2,1-4H3,(H,43,51)(H,44,45)/t39-/m0/s1. The Bertz CT molecular complexity index is 2140. The number of nitrogens with one attached hydrogen (secondary N) is 2. The van der Waals surface area contributed by atoms with Gasteiger partial charge in [-0.1, -0.05) is 19.1 Å². The lowest BCUT2D eigenvalue weighted by Gasteiger charge is -2.30. The van der Waals surface area contributed by atoms with E-state index < -0.39 is 5.60 Å². The lowest BCUT2D eigenvalue weighted by atomic mass is 9.98. The van der Waals surface area contributed by atoms with Gasteiger partial charge in [-0.25, -0.2) is 14.4 Å². The number of likely N-dealkylation sites (tertiary alicyclic amines) is 1. The van der Waals surface area contributed by atoms with Crippen LogP contribution in [0.2, 0.25) is 0 Å². The van der Waals surface area contributed by atoms with Gasteiger partial charge >= 0.3 is 0 Å². The Morgan fingerprint density at radius 3 is 2.64 bits per heavy atom. The second-order valence-corrected chi connectivity index (χ2v) is 13.8. The topological polar surface area (TPSA) is 143 Å². The van der Waals surface area contributed by atoms with E-state index in [1.807, 2.05) is 68.1 Å². The summed E-state index contributed by atoms with van der Waals surface area (Å²) >= 11 is 0. The number of aryl methyl sites for hydroxylation is 1. The minimum Gasteiger partial charge on any atom is -0.475 e.